The Balaban J connectivity index is 1.17. The van der Waals surface area contributed by atoms with E-state index < -0.39 is 6.10 Å². The molecule has 6 rings (SSSR count). The smallest absolute Gasteiger partial charge is 0.338 e. The normalized spacial score (nSPS) is 45.9. The number of fused-ring (bicyclic) bond motifs is 4. The van der Waals surface area contributed by atoms with Crippen LogP contribution in [0.5, 0.6) is 0 Å². The largest absolute Gasteiger partial charge is 0.459 e. The molecular formula is C34H50O4. The summed E-state index contributed by atoms with van der Waals surface area (Å²) in [4.78, 5) is 12.8. The van der Waals surface area contributed by atoms with Gasteiger partial charge in [0.25, 0.3) is 0 Å². The first-order valence-electron chi connectivity index (χ1n) is 15.7. The molecule has 4 nitrogen and oxygen atoms in total. The number of epoxide rings is 1. The summed E-state index contributed by atoms with van der Waals surface area (Å²) in [6.07, 6.45) is 11.1. The van der Waals surface area contributed by atoms with Crippen LogP contribution in [0.25, 0.3) is 0 Å². The van der Waals surface area contributed by atoms with Crippen LogP contribution in [0.15, 0.2) is 30.3 Å². The van der Waals surface area contributed by atoms with Gasteiger partial charge in [0.2, 0.25) is 0 Å². The summed E-state index contributed by atoms with van der Waals surface area (Å²) in [6.45, 7) is 12.2. The van der Waals surface area contributed by atoms with Crippen LogP contribution in [-0.4, -0.2) is 35.0 Å². The standard InChI is InChI=1S/C34H50O4/c1-21(2)10-9-11-22(3)25-14-15-26-28-27(17-18-32(25,26)4)33(5)19-16-24(20-34(33)30(38-34)29(28)35)37-31(36)23-12-7-6-8-13-23/h6-8,12-13,21-22,24-30,35H,9-11,14-20H2,1-5H3/t22-,24-,25-,26+,27+,28+,29-,30-,32+,33+,34-/m0/s1. The molecule has 5 aliphatic rings. The van der Waals surface area contributed by atoms with Crippen LogP contribution in [-0.2, 0) is 9.47 Å². The number of rotatable bonds is 7. The number of esters is 1. The number of hydrogen-bond acceptors (Lipinski definition) is 4. The first-order valence-corrected chi connectivity index (χ1v) is 15.7. The molecule has 11 atom stereocenters. The Hall–Kier alpha value is -1.39. The Kier molecular flexibility index (Phi) is 6.78. The number of carbonyl (C=O) groups excluding carboxylic acids is 1. The van der Waals surface area contributed by atoms with Crippen molar-refractivity contribution in [1.82, 2.24) is 0 Å². The van der Waals surface area contributed by atoms with Gasteiger partial charge in [-0.25, -0.2) is 4.79 Å². The van der Waals surface area contributed by atoms with E-state index in [4.69, 9.17) is 9.47 Å². The van der Waals surface area contributed by atoms with Crippen molar-refractivity contribution < 1.29 is 19.4 Å². The Morgan fingerprint density at radius 3 is 2.53 bits per heavy atom. The van der Waals surface area contributed by atoms with E-state index >= 15 is 0 Å². The van der Waals surface area contributed by atoms with Crippen molar-refractivity contribution in [3.05, 3.63) is 35.9 Å². The number of carbonyl (C=O) groups is 1. The van der Waals surface area contributed by atoms with Crippen molar-refractivity contribution in [3.8, 4) is 0 Å². The second-order valence-electron chi connectivity index (χ2n) is 14.8. The van der Waals surface area contributed by atoms with E-state index in [1.807, 2.05) is 30.3 Å². The molecule has 1 aromatic carbocycles. The van der Waals surface area contributed by atoms with Gasteiger partial charge in [-0.1, -0.05) is 72.1 Å². The average Bonchev–Trinajstić information content (AvgIpc) is 3.51. The summed E-state index contributed by atoms with van der Waals surface area (Å²) in [6, 6.07) is 9.30. The van der Waals surface area contributed by atoms with E-state index in [2.05, 4.69) is 34.6 Å². The number of hydrogen-bond donors (Lipinski definition) is 1. The SMILES string of the molecule is CC(C)CCC[C@H](C)[C@@H]1CC[C@@H]2[C@H]3[C@H](O)[C@@H]4O[C@@]45C[C@@H](OC(=O)c4ccccc4)CC[C@]5(C)[C@@H]3CC[C@@]21C. The zero-order valence-electron chi connectivity index (χ0n) is 24.3. The van der Waals surface area contributed by atoms with Crippen LogP contribution >= 0.6 is 0 Å². The first-order chi connectivity index (χ1) is 18.1. The van der Waals surface area contributed by atoms with E-state index in [1.165, 1.54) is 44.9 Å². The summed E-state index contributed by atoms with van der Waals surface area (Å²) >= 11 is 0. The molecule has 38 heavy (non-hydrogen) atoms. The van der Waals surface area contributed by atoms with Gasteiger partial charge in [0.05, 0.1) is 11.7 Å². The zero-order chi connectivity index (χ0) is 26.9. The number of aliphatic hydroxyl groups excluding tert-OH is 1. The lowest BCUT2D eigenvalue weighted by Crippen LogP contribution is -2.63. The highest BCUT2D eigenvalue weighted by Gasteiger charge is 2.79. The zero-order valence-corrected chi connectivity index (χ0v) is 24.3. The summed E-state index contributed by atoms with van der Waals surface area (Å²) in [5.41, 5.74) is 0.673. The Bertz CT molecular complexity index is 1020. The Morgan fingerprint density at radius 1 is 1.03 bits per heavy atom. The predicted octanol–water partition coefficient (Wildman–Crippen LogP) is 7.44. The third-order valence-electron chi connectivity index (χ3n) is 12.6. The molecule has 4 aliphatic carbocycles. The molecular weight excluding hydrogens is 472 g/mol. The van der Waals surface area contributed by atoms with Crippen molar-refractivity contribution >= 4 is 5.97 Å². The van der Waals surface area contributed by atoms with Crippen LogP contribution in [0.2, 0.25) is 0 Å². The molecule has 0 amide bonds. The number of aliphatic hydroxyl groups is 1. The third-order valence-corrected chi connectivity index (χ3v) is 12.6. The van der Waals surface area contributed by atoms with Crippen LogP contribution < -0.4 is 0 Å². The molecule has 1 spiro atoms. The lowest BCUT2D eigenvalue weighted by molar-refractivity contribution is -0.151. The van der Waals surface area contributed by atoms with Crippen LogP contribution in [0, 0.1) is 46.3 Å². The molecule has 1 aliphatic heterocycles. The van der Waals surface area contributed by atoms with E-state index in [0.717, 1.165) is 37.0 Å². The fourth-order valence-electron chi connectivity index (χ4n) is 10.5. The second-order valence-corrected chi connectivity index (χ2v) is 14.8. The van der Waals surface area contributed by atoms with Gasteiger partial charge in [0.15, 0.2) is 0 Å². The highest BCUT2D eigenvalue weighted by atomic mass is 16.6. The van der Waals surface area contributed by atoms with E-state index in [-0.39, 0.29) is 29.2 Å². The highest BCUT2D eigenvalue weighted by molar-refractivity contribution is 5.89. The van der Waals surface area contributed by atoms with E-state index in [0.29, 0.717) is 28.7 Å². The molecule has 0 unspecified atom stereocenters. The molecule has 0 bridgehead atoms. The number of benzene rings is 1. The van der Waals surface area contributed by atoms with Gasteiger partial charge in [-0.05, 0) is 91.6 Å². The first kappa shape index (κ1) is 26.8. The molecule has 1 aromatic rings. The topological polar surface area (TPSA) is 59.1 Å². The fourth-order valence-corrected chi connectivity index (χ4v) is 10.5. The lowest BCUT2D eigenvalue weighted by Gasteiger charge is -2.60. The summed E-state index contributed by atoms with van der Waals surface area (Å²) < 4.78 is 12.6. The molecule has 1 N–H and O–H groups in total. The van der Waals surface area contributed by atoms with E-state index in [9.17, 15) is 9.90 Å². The monoisotopic (exact) mass is 522 g/mol. The fraction of sp³-hybridized carbons (Fsp3) is 0.794. The van der Waals surface area contributed by atoms with Gasteiger partial charge in [-0.15, -0.1) is 0 Å². The van der Waals surface area contributed by atoms with Crippen molar-refractivity contribution in [2.24, 2.45) is 46.3 Å². The number of ether oxygens (including phenoxy) is 2. The minimum Gasteiger partial charge on any atom is -0.459 e. The van der Waals surface area contributed by atoms with Gasteiger partial charge < -0.3 is 14.6 Å². The molecule has 0 radical (unpaired) electrons. The maximum atomic E-state index is 12.8. The van der Waals surface area contributed by atoms with Crippen molar-refractivity contribution in [2.75, 3.05) is 0 Å². The average molecular weight is 523 g/mol. The Morgan fingerprint density at radius 2 is 1.79 bits per heavy atom. The van der Waals surface area contributed by atoms with Gasteiger partial charge >= 0.3 is 5.97 Å². The minimum atomic E-state index is -0.392. The maximum Gasteiger partial charge on any atom is 0.338 e. The van der Waals surface area contributed by atoms with E-state index in [1.54, 1.807) is 0 Å². The molecule has 5 fully saturated rings. The molecule has 210 valence electrons. The summed E-state index contributed by atoms with van der Waals surface area (Å²) in [7, 11) is 0. The van der Waals surface area contributed by atoms with Gasteiger partial charge in [-0.2, -0.15) is 0 Å². The minimum absolute atomic E-state index is 0.0551. The molecule has 0 aromatic heterocycles. The Labute approximate surface area is 230 Å². The third kappa shape index (κ3) is 4.02. The van der Waals surface area contributed by atoms with Crippen molar-refractivity contribution in [2.45, 2.75) is 123 Å². The van der Waals surface area contributed by atoms with Crippen molar-refractivity contribution in [1.29, 1.82) is 0 Å². The molecule has 4 heteroatoms. The van der Waals surface area contributed by atoms with Gasteiger partial charge in [-0.3, -0.25) is 0 Å². The predicted molar refractivity (Wildman–Crippen MR) is 150 cm³/mol. The van der Waals surface area contributed by atoms with Crippen molar-refractivity contribution in [3.63, 3.8) is 0 Å². The van der Waals surface area contributed by atoms with Crippen LogP contribution in [0.1, 0.15) is 109 Å². The van der Waals surface area contributed by atoms with Crippen LogP contribution in [0.4, 0.5) is 0 Å². The maximum absolute atomic E-state index is 12.8. The molecule has 1 saturated heterocycles. The molecule has 1 heterocycles. The summed E-state index contributed by atoms with van der Waals surface area (Å²) in [5, 5.41) is 11.9. The molecule has 4 saturated carbocycles. The van der Waals surface area contributed by atoms with Gasteiger partial charge in [0, 0.05) is 11.8 Å². The van der Waals surface area contributed by atoms with Gasteiger partial charge in [0.1, 0.15) is 17.8 Å². The summed E-state index contributed by atoms with van der Waals surface area (Å²) in [5.74, 6) is 3.53. The van der Waals surface area contributed by atoms with Crippen LogP contribution in [0.3, 0.4) is 0 Å². The lowest BCUT2D eigenvalue weighted by atomic mass is 9.43. The quantitative estimate of drug-likeness (QED) is 0.299. The highest BCUT2D eigenvalue weighted by Crippen LogP contribution is 2.74. The second kappa shape index (κ2) is 9.61.